The van der Waals surface area contributed by atoms with E-state index in [9.17, 15) is 14.4 Å². The highest BCUT2D eigenvalue weighted by molar-refractivity contribution is 7.20. The number of thiophene rings is 1. The van der Waals surface area contributed by atoms with Crippen LogP contribution in [0.3, 0.4) is 0 Å². The van der Waals surface area contributed by atoms with Gasteiger partial charge in [-0.25, -0.2) is 9.59 Å². The Bertz CT molecular complexity index is 1850. The number of ether oxygens (including phenoxy) is 3. The number of carbonyl (C=O) groups is 3. The summed E-state index contributed by atoms with van der Waals surface area (Å²) < 4.78 is 17.4. The van der Waals surface area contributed by atoms with Crippen molar-refractivity contribution >= 4 is 57.4 Å². The van der Waals surface area contributed by atoms with Gasteiger partial charge in [0.25, 0.3) is 0 Å². The Labute approximate surface area is 283 Å². The molecule has 3 aromatic carbocycles. The van der Waals surface area contributed by atoms with E-state index >= 15 is 0 Å². The molecule has 1 aromatic heterocycles. The van der Waals surface area contributed by atoms with E-state index in [1.54, 1.807) is 37.5 Å². The Hall–Kier alpha value is -5.36. The van der Waals surface area contributed by atoms with Crippen LogP contribution < -0.4 is 30.3 Å². The van der Waals surface area contributed by atoms with Crippen LogP contribution >= 0.6 is 11.3 Å². The van der Waals surface area contributed by atoms with Gasteiger partial charge in [0.1, 0.15) is 11.5 Å². The van der Waals surface area contributed by atoms with Crippen LogP contribution in [0.2, 0.25) is 0 Å². The summed E-state index contributed by atoms with van der Waals surface area (Å²) in [5.41, 5.74) is 5.40. The number of allylic oxidation sites excluding steroid dienone is 1. The van der Waals surface area contributed by atoms with Crippen LogP contribution in [0.25, 0.3) is 10.1 Å². The summed E-state index contributed by atoms with van der Waals surface area (Å²) in [7, 11) is 4.72. The minimum absolute atomic E-state index is 0.179. The highest BCUT2D eigenvalue weighted by atomic mass is 32.1. The second-order valence-corrected chi connectivity index (χ2v) is 12.2. The van der Waals surface area contributed by atoms with Gasteiger partial charge in [-0.1, -0.05) is 30.3 Å². The number of para-hydroxylation sites is 1. The number of fused-ring (bicyclic) bond motifs is 2. The molecule has 1 unspecified atom stereocenters. The zero-order valence-electron chi connectivity index (χ0n) is 27.4. The number of methoxy groups -OCH3 is 2. The zero-order valence-corrected chi connectivity index (χ0v) is 28.2. The van der Waals surface area contributed by atoms with Gasteiger partial charge in [0.15, 0.2) is 11.5 Å². The summed E-state index contributed by atoms with van der Waals surface area (Å²) in [4.78, 5) is 43.4. The number of nitrogens with zero attached hydrogens (tertiary/aromatic N) is 2. The van der Waals surface area contributed by atoms with E-state index in [1.165, 1.54) is 18.4 Å². The number of amides is 3. The topological polar surface area (TPSA) is 131 Å². The Morgan fingerprint density at radius 3 is 2.69 bits per heavy atom. The highest BCUT2D eigenvalue weighted by Crippen LogP contribution is 2.35. The number of anilines is 1. The molecule has 12 heteroatoms. The van der Waals surface area contributed by atoms with Crippen molar-refractivity contribution in [1.82, 2.24) is 16.0 Å². The van der Waals surface area contributed by atoms with Gasteiger partial charge >= 0.3 is 12.0 Å². The van der Waals surface area contributed by atoms with Crippen LogP contribution in [0.1, 0.15) is 32.8 Å². The molecule has 48 heavy (non-hydrogen) atoms. The smallest absolute Gasteiger partial charge is 0.348 e. The van der Waals surface area contributed by atoms with Crippen molar-refractivity contribution in [3.63, 3.8) is 0 Å². The quantitative estimate of drug-likeness (QED) is 0.0683. The first-order valence-electron chi connectivity index (χ1n) is 15.5. The molecule has 0 spiro atoms. The van der Waals surface area contributed by atoms with Crippen molar-refractivity contribution in [2.45, 2.75) is 32.2 Å². The maximum atomic E-state index is 12.7. The van der Waals surface area contributed by atoms with Gasteiger partial charge in [-0.3, -0.25) is 9.79 Å². The number of esters is 1. The Kier molecular flexibility index (Phi) is 11.3. The molecule has 0 saturated heterocycles. The van der Waals surface area contributed by atoms with Gasteiger partial charge in [0.2, 0.25) is 6.41 Å². The van der Waals surface area contributed by atoms with Crippen LogP contribution in [0.15, 0.2) is 77.6 Å². The minimum Gasteiger partial charge on any atom is -0.493 e. The number of urea groups is 1. The molecular weight excluding hydrogens is 630 g/mol. The van der Waals surface area contributed by atoms with Crippen molar-refractivity contribution in [2.24, 2.45) is 4.99 Å². The van der Waals surface area contributed by atoms with E-state index in [2.05, 4.69) is 22.0 Å². The molecule has 1 aliphatic rings. The van der Waals surface area contributed by atoms with Gasteiger partial charge in [-0.2, -0.15) is 0 Å². The molecule has 2 heterocycles. The predicted molar refractivity (Wildman–Crippen MR) is 189 cm³/mol. The van der Waals surface area contributed by atoms with Crippen molar-refractivity contribution in [1.29, 1.82) is 0 Å². The number of aryl methyl sites for hydroxylation is 2. The van der Waals surface area contributed by atoms with Crippen LogP contribution in [0, 0.1) is 6.92 Å². The summed E-state index contributed by atoms with van der Waals surface area (Å²) in [5.74, 6) is 0.709. The lowest BCUT2D eigenvalue weighted by atomic mass is 10.1. The van der Waals surface area contributed by atoms with Crippen LogP contribution in [-0.4, -0.2) is 65.1 Å². The van der Waals surface area contributed by atoms with E-state index in [0.29, 0.717) is 41.3 Å². The number of benzene rings is 3. The van der Waals surface area contributed by atoms with E-state index in [0.717, 1.165) is 44.6 Å². The fraction of sp³-hybridized carbons (Fsp3) is 0.278. The maximum Gasteiger partial charge on any atom is 0.348 e. The van der Waals surface area contributed by atoms with Crippen LogP contribution in [0.5, 0.6) is 11.5 Å². The number of carbonyl (C=O) groups excluding carboxylic acids is 3. The van der Waals surface area contributed by atoms with Crippen LogP contribution in [-0.2, 0) is 22.4 Å². The molecule has 11 nitrogen and oxygen atoms in total. The number of nitrogens with one attached hydrogen (secondary N) is 3. The summed E-state index contributed by atoms with van der Waals surface area (Å²) in [5, 5.41) is 9.71. The lowest BCUT2D eigenvalue weighted by molar-refractivity contribution is -0.107. The standard InChI is InChI=1S/C36H39N5O6S/c1-23-15-31(45-3)32(19-29(23)39-21-28-17-25-7-5-6-8-30(25)41(28)22-42)47-14-13-38-36(44)40-27(20-37-2)11-9-24-10-12-33-26(16-24)18-34(48-33)35(43)46-4/h5-8,10,12,15-16,18-22,28,37H,9,11,13-14,17H2,1-4H3,(H2,38,40,44)/b27-20+,39-21?. The fourth-order valence-corrected chi connectivity index (χ4v) is 6.48. The fourth-order valence-electron chi connectivity index (χ4n) is 5.51. The van der Waals surface area contributed by atoms with Gasteiger partial charge < -0.3 is 35.1 Å². The number of hydrogen-bond acceptors (Lipinski definition) is 9. The molecule has 3 amide bonds. The number of aliphatic imine (C=N–C) groups is 1. The molecule has 0 aliphatic carbocycles. The molecule has 0 bridgehead atoms. The molecule has 250 valence electrons. The predicted octanol–water partition coefficient (Wildman–Crippen LogP) is 5.67. The van der Waals surface area contributed by atoms with Crippen molar-refractivity contribution in [3.8, 4) is 11.5 Å². The molecule has 0 radical (unpaired) electrons. The first-order valence-corrected chi connectivity index (χ1v) is 16.3. The molecule has 0 fully saturated rings. The van der Waals surface area contributed by atoms with Gasteiger partial charge in [0, 0.05) is 48.0 Å². The van der Waals surface area contributed by atoms with E-state index in [-0.39, 0.29) is 31.2 Å². The van der Waals surface area contributed by atoms with Crippen molar-refractivity contribution in [3.05, 3.63) is 94.1 Å². The third kappa shape index (κ3) is 8.13. The second kappa shape index (κ2) is 16.0. The molecule has 3 N–H and O–H groups in total. The summed E-state index contributed by atoms with van der Waals surface area (Å²) in [6, 6.07) is 18.9. The normalized spacial score (nSPS) is 14.1. The first-order chi connectivity index (χ1) is 23.3. The summed E-state index contributed by atoms with van der Waals surface area (Å²) >= 11 is 1.40. The average molecular weight is 670 g/mol. The molecule has 4 aromatic rings. The van der Waals surface area contributed by atoms with E-state index in [4.69, 9.17) is 19.2 Å². The third-order valence-corrected chi connectivity index (χ3v) is 9.02. The van der Waals surface area contributed by atoms with Gasteiger partial charge in [-0.05, 0) is 66.1 Å². The van der Waals surface area contributed by atoms with Gasteiger partial charge in [-0.15, -0.1) is 11.3 Å². The Morgan fingerprint density at radius 2 is 1.92 bits per heavy atom. The molecule has 0 saturated carbocycles. The largest absolute Gasteiger partial charge is 0.493 e. The van der Waals surface area contributed by atoms with Crippen molar-refractivity contribution in [2.75, 3.05) is 39.3 Å². The monoisotopic (exact) mass is 669 g/mol. The molecule has 5 rings (SSSR count). The van der Waals surface area contributed by atoms with Crippen LogP contribution in [0.4, 0.5) is 16.2 Å². The third-order valence-electron chi connectivity index (χ3n) is 7.93. The van der Waals surface area contributed by atoms with Gasteiger partial charge in [0.05, 0.1) is 32.5 Å². The Balaban J connectivity index is 1.13. The molecule has 1 atom stereocenters. The lowest BCUT2D eigenvalue weighted by Crippen LogP contribution is -2.37. The SMILES string of the molecule is CN/C=C(\CCc1ccc2sc(C(=O)OC)cc2c1)NC(=O)NCCOc1cc(N=CC2Cc3ccccc3N2C=O)c(C)cc1OC. The van der Waals surface area contributed by atoms with E-state index in [1.807, 2.05) is 55.5 Å². The number of hydrogen-bond donors (Lipinski definition) is 3. The summed E-state index contributed by atoms with van der Waals surface area (Å²) in [6.07, 6.45) is 6.36. The molecular formula is C36H39N5O6S. The minimum atomic E-state index is -0.352. The average Bonchev–Trinajstić information content (AvgIpc) is 3.69. The molecule has 1 aliphatic heterocycles. The number of rotatable bonds is 14. The highest BCUT2D eigenvalue weighted by Gasteiger charge is 2.27. The zero-order chi connectivity index (χ0) is 34.0. The first kappa shape index (κ1) is 34.0. The Morgan fingerprint density at radius 1 is 1.08 bits per heavy atom. The second-order valence-electron chi connectivity index (χ2n) is 11.1. The summed E-state index contributed by atoms with van der Waals surface area (Å²) in [6.45, 7) is 2.38. The maximum absolute atomic E-state index is 12.7. The van der Waals surface area contributed by atoms with E-state index < -0.39 is 0 Å². The van der Waals surface area contributed by atoms with Crippen molar-refractivity contribution < 1.29 is 28.6 Å². The lowest BCUT2D eigenvalue weighted by Gasteiger charge is -2.17.